The maximum Gasteiger partial charge on any atom is 0.255 e. The van der Waals surface area contributed by atoms with Gasteiger partial charge in [-0.3, -0.25) is 4.79 Å². The van der Waals surface area contributed by atoms with Crippen LogP contribution in [0.3, 0.4) is 0 Å². The van der Waals surface area contributed by atoms with Crippen LogP contribution < -0.4 is 5.32 Å². The van der Waals surface area contributed by atoms with Crippen LogP contribution in [-0.4, -0.2) is 59.8 Å². The van der Waals surface area contributed by atoms with E-state index in [2.05, 4.69) is 31.2 Å². The van der Waals surface area contributed by atoms with Gasteiger partial charge in [0.25, 0.3) is 5.91 Å². The lowest BCUT2D eigenvalue weighted by Crippen LogP contribution is -2.45. The summed E-state index contributed by atoms with van der Waals surface area (Å²) in [6, 6.07) is 4.04. The average molecular weight is 381 g/mol. The van der Waals surface area contributed by atoms with E-state index in [1.807, 2.05) is 18.3 Å². The Labute approximate surface area is 143 Å². The molecule has 0 spiro atoms. The highest BCUT2D eigenvalue weighted by atomic mass is 79.9. The van der Waals surface area contributed by atoms with Crippen LogP contribution in [0, 0.1) is 0 Å². The summed E-state index contributed by atoms with van der Waals surface area (Å²) < 4.78 is 7.76. The highest BCUT2D eigenvalue weighted by Gasteiger charge is 2.22. The largest absolute Gasteiger partial charge is 0.383 e. The molecule has 6 nitrogen and oxygen atoms in total. The van der Waals surface area contributed by atoms with Gasteiger partial charge in [-0.1, -0.05) is 15.9 Å². The molecule has 1 saturated heterocycles. The molecule has 0 aromatic carbocycles. The predicted octanol–water partition coefficient (Wildman–Crippen LogP) is 1.94. The summed E-state index contributed by atoms with van der Waals surface area (Å²) in [5, 5.41) is 7.38. The Kier molecular flexibility index (Phi) is 5.30. The van der Waals surface area contributed by atoms with Gasteiger partial charge >= 0.3 is 0 Å². The zero-order valence-corrected chi connectivity index (χ0v) is 14.8. The Morgan fingerprint density at radius 3 is 3.00 bits per heavy atom. The van der Waals surface area contributed by atoms with Crippen LogP contribution in [0.25, 0.3) is 5.52 Å². The number of rotatable bonds is 5. The maximum absolute atomic E-state index is 12.5. The Morgan fingerprint density at radius 1 is 1.48 bits per heavy atom. The van der Waals surface area contributed by atoms with Crippen LogP contribution in [0.5, 0.6) is 0 Å². The third-order valence-corrected chi connectivity index (χ3v) is 4.76. The van der Waals surface area contributed by atoms with Gasteiger partial charge in [-0.25, -0.2) is 4.52 Å². The molecule has 1 aliphatic rings. The van der Waals surface area contributed by atoms with Crippen LogP contribution in [-0.2, 0) is 4.74 Å². The summed E-state index contributed by atoms with van der Waals surface area (Å²) in [7, 11) is 1.72. The molecule has 0 aliphatic carbocycles. The van der Waals surface area contributed by atoms with Crippen molar-refractivity contribution in [3.05, 3.63) is 34.6 Å². The Morgan fingerprint density at radius 2 is 2.26 bits per heavy atom. The molecule has 0 atom stereocenters. The van der Waals surface area contributed by atoms with Crippen molar-refractivity contribution in [2.24, 2.45) is 0 Å². The van der Waals surface area contributed by atoms with Gasteiger partial charge in [-0.2, -0.15) is 5.10 Å². The number of pyridine rings is 1. The first-order valence-corrected chi connectivity index (χ1v) is 8.61. The highest BCUT2D eigenvalue weighted by molar-refractivity contribution is 9.10. The molecule has 1 fully saturated rings. The third kappa shape index (κ3) is 3.91. The number of hydrogen-bond acceptors (Lipinski definition) is 4. The predicted molar refractivity (Wildman–Crippen MR) is 91.7 cm³/mol. The van der Waals surface area contributed by atoms with Gasteiger partial charge in [0.05, 0.1) is 23.9 Å². The average Bonchev–Trinajstić information content (AvgIpc) is 2.97. The molecule has 2 aromatic rings. The Hall–Kier alpha value is -1.44. The first-order chi connectivity index (χ1) is 11.2. The number of halogens is 1. The molecule has 0 radical (unpaired) electrons. The van der Waals surface area contributed by atoms with Crippen molar-refractivity contribution in [2.45, 2.75) is 18.9 Å². The molecular formula is C16H21BrN4O2. The number of nitrogens with zero attached hydrogens (tertiary/aromatic N) is 3. The Balaban J connectivity index is 1.60. The molecule has 7 heteroatoms. The lowest BCUT2D eigenvalue weighted by atomic mass is 10.0. The van der Waals surface area contributed by atoms with Crippen molar-refractivity contribution in [1.82, 2.24) is 19.8 Å². The molecular weight excluding hydrogens is 360 g/mol. The van der Waals surface area contributed by atoms with E-state index in [0.29, 0.717) is 5.56 Å². The van der Waals surface area contributed by atoms with E-state index in [0.717, 1.165) is 49.1 Å². The monoisotopic (exact) mass is 380 g/mol. The number of likely N-dealkylation sites (tertiary alicyclic amines) is 1. The van der Waals surface area contributed by atoms with Gasteiger partial charge in [0.15, 0.2) is 0 Å². The minimum atomic E-state index is -0.0477. The summed E-state index contributed by atoms with van der Waals surface area (Å²) in [5.74, 6) is -0.0477. The van der Waals surface area contributed by atoms with E-state index in [1.54, 1.807) is 17.8 Å². The van der Waals surface area contributed by atoms with Gasteiger partial charge < -0.3 is 15.0 Å². The van der Waals surface area contributed by atoms with E-state index in [-0.39, 0.29) is 11.9 Å². The van der Waals surface area contributed by atoms with Crippen LogP contribution in [0.1, 0.15) is 23.2 Å². The molecule has 0 unspecified atom stereocenters. The summed E-state index contributed by atoms with van der Waals surface area (Å²) in [6.45, 7) is 3.71. The minimum absolute atomic E-state index is 0.0477. The topological polar surface area (TPSA) is 58.9 Å². The SMILES string of the molecule is COCCN1CCC(NC(=O)c2cnn3ccc(Br)cc23)CC1. The van der Waals surface area contributed by atoms with Crippen LogP contribution in [0.2, 0.25) is 0 Å². The number of nitrogens with one attached hydrogen (secondary N) is 1. The molecule has 23 heavy (non-hydrogen) atoms. The minimum Gasteiger partial charge on any atom is -0.383 e. The van der Waals surface area contributed by atoms with Crippen molar-refractivity contribution in [3.63, 3.8) is 0 Å². The number of methoxy groups -OCH3 is 1. The van der Waals surface area contributed by atoms with Crippen LogP contribution in [0.4, 0.5) is 0 Å². The summed E-state index contributed by atoms with van der Waals surface area (Å²) in [5.41, 5.74) is 1.43. The number of piperidine rings is 1. The number of carbonyl (C=O) groups excluding carboxylic acids is 1. The van der Waals surface area contributed by atoms with E-state index < -0.39 is 0 Å². The van der Waals surface area contributed by atoms with E-state index in [9.17, 15) is 4.79 Å². The van der Waals surface area contributed by atoms with Crippen LogP contribution >= 0.6 is 15.9 Å². The summed E-state index contributed by atoms with van der Waals surface area (Å²) in [4.78, 5) is 14.9. The maximum atomic E-state index is 12.5. The van der Waals surface area contributed by atoms with Crippen molar-refractivity contribution in [3.8, 4) is 0 Å². The smallest absolute Gasteiger partial charge is 0.255 e. The van der Waals surface area contributed by atoms with Crippen molar-refractivity contribution < 1.29 is 9.53 Å². The third-order valence-electron chi connectivity index (χ3n) is 4.26. The van der Waals surface area contributed by atoms with Crippen molar-refractivity contribution >= 4 is 27.4 Å². The quantitative estimate of drug-likeness (QED) is 0.860. The number of carbonyl (C=O) groups is 1. The van der Waals surface area contributed by atoms with E-state index in [4.69, 9.17) is 4.74 Å². The summed E-state index contributed by atoms with van der Waals surface area (Å²) >= 11 is 3.44. The molecule has 2 aromatic heterocycles. The zero-order valence-electron chi connectivity index (χ0n) is 13.2. The molecule has 124 valence electrons. The second-order valence-electron chi connectivity index (χ2n) is 5.82. The van der Waals surface area contributed by atoms with Gasteiger partial charge in [-0.05, 0) is 25.0 Å². The highest BCUT2D eigenvalue weighted by Crippen LogP contribution is 2.17. The van der Waals surface area contributed by atoms with Gasteiger partial charge in [-0.15, -0.1) is 0 Å². The molecule has 1 amide bonds. The zero-order chi connectivity index (χ0) is 16.2. The van der Waals surface area contributed by atoms with Crippen molar-refractivity contribution in [1.29, 1.82) is 0 Å². The van der Waals surface area contributed by atoms with E-state index >= 15 is 0 Å². The lowest BCUT2D eigenvalue weighted by Gasteiger charge is -2.32. The second kappa shape index (κ2) is 7.42. The standard InChI is InChI=1S/C16H21BrN4O2/c1-23-9-8-20-5-3-13(4-6-20)19-16(22)14-11-18-21-7-2-12(17)10-15(14)21/h2,7,10-11,13H,3-6,8-9H2,1H3,(H,19,22). The molecule has 1 N–H and O–H groups in total. The van der Waals surface area contributed by atoms with Crippen molar-refractivity contribution in [2.75, 3.05) is 33.4 Å². The summed E-state index contributed by atoms with van der Waals surface area (Å²) in [6.07, 6.45) is 5.41. The molecule has 1 aliphatic heterocycles. The van der Waals surface area contributed by atoms with Gasteiger partial charge in [0, 0.05) is 43.5 Å². The van der Waals surface area contributed by atoms with Gasteiger partial charge in [0.1, 0.15) is 0 Å². The fourth-order valence-corrected chi connectivity index (χ4v) is 3.25. The molecule has 3 heterocycles. The fourth-order valence-electron chi connectivity index (χ4n) is 2.91. The normalized spacial score (nSPS) is 16.8. The number of fused-ring (bicyclic) bond motifs is 1. The first-order valence-electron chi connectivity index (χ1n) is 7.82. The second-order valence-corrected chi connectivity index (χ2v) is 6.73. The molecule has 3 rings (SSSR count). The van der Waals surface area contributed by atoms with E-state index in [1.165, 1.54) is 0 Å². The van der Waals surface area contributed by atoms with Gasteiger partial charge in [0.2, 0.25) is 0 Å². The van der Waals surface area contributed by atoms with Crippen LogP contribution in [0.15, 0.2) is 29.0 Å². The number of ether oxygens (including phenoxy) is 1. The number of hydrogen-bond donors (Lipinski definition) is 1. The lowest BCUT2D eigenvalue weighted by molar-refractivity contribution is 0.0894. The first kappa shape index (κ1) is 16.4. The molecule has 0 saturated carbocycles. The number of amides is 1. The fraction of sp³-hybridized carbons (Fsp3) is 0.500. The molecule has 0 bridgehead atoms. The number of aromatic nitrogens is 2. The Bertz CT molecular complexity index is 680.